The third-order valence-corrected chi connectivity index (χ3v) is 4.69. The normalized spacial score (nSPS) is 10.6. The van der Waals surface area contributed by atoms with E-state index >= 15 is 0 Å². The Bertz CT molecular complexity index is 1090. The molecule has 1 heterocycles. The summed E-state index contributed by atoms with van der Waals surface area (Å²) >= 11 is 0. The van der Waals surface area contributed by atoms with Crippen LogP contribution in [0.2, 0.25) is 0 Å². The lowest BCUT2D eigenvalue weighted by molar-refractivity contribution is 0.302. The Morgan fingerprint density at radius 2 is 1.38 bits per heavy atom. The molecule has 0 amide bonds. The van der Waals surface area contributed by atoms with Crippen molar-refractivity contribution in [2.24, 2.45) is 0 Å². The second-order valence-corrected chi connectivity index (χ2v) is 7.04. The molecule has 29 heavy (non-hydrogen) atoms. The number of nitrogens with zero attached hydrogens (tertiary/aromatic N) is 1. The molecule has 0 aliphatic carbocycles. The first-order valence-corrected chi connectivity index (χ1v) is 9.66. The van der Waals surface area contributed by atoms with Gasteiger partial charge >= 0.3 is 0 Å². The van der Waals surface area contributed by atoms with Crippen molar-refractivity contribution in [3.8, 4) is 28.4 Å². The van der Waals surface area contributed by atoms with E-state index in [9.17, 15) is 0 Å². The zero-order valence-electron chi connectivity index (χ0n) is 16.6. The highest BCUT2D eigenvalue weighted by Crippen LogP contribution is 2.29. The summed E-state index contributed by atoms with van der Waals surface area (Å²) in [5.41, 5.74) is 5.39. The number of rotatable bonds is 6. The molecule has 0 aliphatic rings. The Labute approximate surface area is 171 Å². The molecule has 0 N–H and O–H groups in total. The Morgan fingerprint density at radius 3 is 2.10 bits per heavy atom. The second kappa shape index (κ2) is 8.61. The van der Waals surface area contributed by atoms with Crippen molar-refractivity contribution in [3.05, 3.63) is 108 Å². The highest BCUT2D eigenvalue weighted by molar-refractivity contribution is 5.67. The maximum absolute atomic E-state index is 6.02. The van der Waals surface area contributed by atoms with Crippen LogP contribution in [0.5, 0.6) is 17.2 Å². The summed E-state index contributed by atoms with van der Waals surface area (Å²) in [4.78, 5) is 4.55. The van der Waals surface area contributed by atoms with E-state index in [4.69, 9.17) is 9.47 Å². The van der Waals surface area contributed by atoms with Gasteiger partial charge in [0.25, 0.3) is 0 Å². The third-order valence-electron chi connectivity index (χ3n) is 4.69. The SMILES string of the molecule is Cc1ccc(OCc2ncccc2-c2cccc(Oc3ccc(C)cc3)c2)cc1. The minimum atomic E-state index is 0.405. The molecular weight excluding hydrogens is 358 g/mol. The van der Waals surface area contributed by atoms with E-state index in [-0.39, 0.29) is 0 Å². The van der Waals surface area contributed by atoms with Crippen LogP contribution >= 0.6 is 0 Å². The lowest BCUT2D eigenvalue weighted by Crippen LogP contribution is -2.00. The molecule has 0 unspecified atom stereocenters. The molecule has 0 aliphatic heterocycles. The molecule has 0 saturated carbocycles. The number of hydrogen-bond acceptors (Lipinski definition) is 3. The van der Waals surface area contributed by atoms with Gasteiger partial charge in [-0.25, -0.2) is 0 Å². The number of aromatic nitrogens is 1. The van der Waals surface area contributed by atoms with Crippen molar-refractivity contribution in [1.29, 1.82) is 0 Å². The average molecular weight is 381 g/mol. The first-order valence-electron chi connectivity index (χ1n) is 9.66. The maximum atomic E-state index is 6.02. The van der Waals surface area contributed by atoms with Gasteiger partial charge in [-0.15, -0.1) is 0 Å². The Morgan fingerprint density at radius 1 is 0.690 bits per heavy atom. The second-order valence-electron chi connectivity index (χ2n) is 7.04. The zero-order chi connectivity index (χ0) is 20.1. The smallest absolute Gasteiger partial charge is 0.131 e. The summed E-state index contributed by atoms with van der Waals surface area (Å²) in [6.45, 7) is 4.53. The lowest BCUT2D eigenvalue weighted by atomic mass is 10.0. The lowest BCUT2D eigenvalue weighted by Gasteiger charge is -2.12. The third kappa shape index (κ3) is 4.82. The summed E-state index contributed by atoms with van der Waals surface area (Å²) in [6, 6.07) is 28.1. The van der Waals surface area contributed by atoms with Gasteiger partial charge in [-0.3, -0.25) is 4.98 Å². The summed E-state index contributed by atoms with van der Waals surface area (Å²) in [5.74, 6) is 2.45. The van der Waals surface area contributed by atoms with Crippen LogP contribution in [0.1, 0.15) is 16.8 Å². The van der Waals surface area contributed by atoms with Crippen LogP contribution in [0.3, 0.4) is 0 Å². The van der Waals surface area contributed by atoms with Gasteiger partial charge in [-0.2, -0.15) is 0 Å². The zero-order valence-corrected chi connectivity index (χ0v) is 16.6. The fraction of sp³-hybridized carbons (Fsp3) is 0.115. The van der Waals surface area contributed by atoms with Crippen LogP contribution in [-0.2, 0) is 6.61 Å². The van der Waals surface area contributed by atoms with Crippen LogP contribution < -0.4 is 9.47 Å². The maximum Gasteiger partial charge on any atom is 0.131 e. The Hall–Kier alpha value is -3.59. The standard InChI is InChI=1S/C26H23NO2/c1-19-8-12-22(13-9-19)28-18-26-25(7-4-16-27-26)21-5-3-6-24(17-21)29-23-14-10-20(2)11-15-23/h3-17H,18H2,1-2H3. The van der Waals surface area contributed by atoms with Gasteiger partial charge in [0, 0.05) is 11.8 Å². The topological polar surface area (TPSA) is 31.4 Å². The van der Waals surface area contributed by atoms with Crippen LogP contribution in [0, 0.1) is 13.8 Å². The van der Waals surface area contributed by atoms with Gasteiger partial charge in [-0.05, 0) is 61.9 Å². The van der Waals surface area contributed by atoms with E-state index in [1.165, 1.54) is 11.1 Å². The molecule has 0 spiro atoms. The van der Waals surface area contributed by atoms with Gasteiger partial charge in [0.15, 0.2) is 0 Å². The van der Waals surface area contributed by atoms with Crippen molar-refractivity contribution >= 4 is 0 Å². The van der Waals surface area contributed by atoms with E-state index in [0.29, 0.717) is 6.61 Å². The van der Waals surface area contributed by atoms with Gasteiger partial charge in [0.05, 0.1) is 5.69 Å². The first-order chi connectivity index (χ1) is 14.2. The van der Waals surface area contributed by atoms with E-state index in [1.54, 1.807) is 6.20 Å². The highest BCUT2D eigenvalue weighted by atomic mass is 16.5. The number of ether oxygens (including phenoxy) is 2. The monoisotopic (exact) mass is 381 g/mol. The van der Waals surface area contributed by atoms with Crippen LogP contribution in [0.15, 0.2) is 91.1 Å². The summed E-state index contributed by atoms with van der Waals surface area (Å²) in [7, 11) is 0. The summed E-state index contributed by atoms with van der Waals surface area (Å²) in [6.07, 6.45) is 1.80. The van der Waals surface area contributed by atoms with Crippen LogP contribution in [0.4, 0.5) is 0 Å². The molecule has 0 fully saturated rings. The number of aryl methyl sites for hydroxylation is 2. The molecule has 1 aromatic heterocycles. The van der Waals surface area contributed by atoms with Crippen molar-refractivity contribution < 1.29 is 9.47 Å². The summed E-state index contributed by atoms with van der Waals surface area (Å²) < 4.78 is 12.0. The predicted octanol–water partition coefficient (Wildman–Crippen LogP) is 6.74. The first kappa shape index (κ1) is 18.8. The molecule has 144 valence electrons. The number of benzene rings is 3. The molecule has 0 saturated heterocycles. The largest absolute Gasteiger partial charge is 0.487 e. The van der Waals surface area contributed by atoms with Crippen molar-refractivity contribution in [2.45, 2.75) is 20.5 Å². The molecule has 4 rings (SSSR count). The summed E-state index contributed by atoms with van der Waals surface area (Å²) in [5, 5.41) is 0. The molecule has 0 radical (unpaired) electrons. The Kier molecular flexibility index (Phi) is 5.57. The highest BCUT2D eigenvalue weighted by Gasteiger charge is 2.09. The number of pyridine rings is 1. The van der Waals surface area contributed by atoms with Gasteiger partial charge in [0.2, 0.25) is 0 Å². The Balaban J connectivity index is 1.55. The van der Waals surface area contributed by atoms with E-state index in [1.807, 2.05) is 72.8 Å². The van der Waals surface area contributed by atoms with Gasteiger partial charge < -0.3 is 9.47 Å². The van der Waals surface area contributed by atoms with Crippen molar-refractivity contribution in [3.63, 3.8) is 0 Å². The van der Waals surface area contributed by atoms with Crippen molar-refractivity contribution in [1.82, 2.24) is 4.98 Å². The molecule has 3 nitrogen and oxygen atoms in total. The molecule has 0 atom stereocenters. The van der Waals surface area contributed by atoms with E-state index in [0.717, 1.165) is 34.1 Å². The van der Waals surface area contributed by atoms with E-state index in [2.05, 4.69) is 31.0 Å². The molecular formula is C26H23NO2. The minimum absolute atomic E-state index is 0.405. The number of hydrogen-bond donors (Lipinski definition) is 0. The molecule has 0 bridgehead atoms. The molecule has 3 aromatic carbocycles. The molecule has 3 heteroatoms. The van der Waals surface area contributed by atoms with Crippen molar-refractivity contribution in [2.75, 3.05) is 0 Å². The fourth-order valence-electron chi connectivity index (χ4n) is 3.07. The molecule has 4 aromatic rings. The van der Waals surface area contributed by atoms with Crippen LogP contribution in [-0.4, -0.2) is 4.98 Å². The predicted molar refractivity (Wildman–Crippen MR) is 116 cm³/mol. The quantitative estimate of drug-likeness (QED) is 0.371. The average Bonchev–Trinajstić information content (AvgIpc) is 2.75. The van der Waals surface area contributed by atoms with Gasteiger partial charge in [0.1, 0.15) is 23.9 Å². The fourth-order valence-corrected chi connectivity index (χ4v) is 3.07. The van der Waals surface area contributed by atoms with Crippen LogP contribution in [0.25, 0.3) is 11.1 Å². The van der Waals surface area contributed by atoms with E-state index < -0.39 is 0 Å². The minimum Gasteiger partial charge on any atom is -0.487 e. The van der Waals surface area contributed by atoms with Gasteiger partial charge in [-0.1, -0.05) is 53.6 Å².